The molecule has 2 aromatic carbocycles. The fourth-order valence-corrected chi connectivity index (χ4v) is 6.14. The molecule has 1 amide bonds. The summed E-state index contributed by atoms with van der Waals surface area (Å²) < 4.78 is 42.0. The molecule has 0 spiro atoms. The van der Waals surface area contributed by atoms with Gasteiger partial charge in [0.2, 0.25) is 5.91 Å². The number of nitrogens with one attached hydrogen (secondary N) is 2. The van der Waals surface area contributed by atoms with Crippen LogP contribution in [0.5, 0.6) is 0 Å². The fourth-order valence-electron chi connectivity index (χ4n) is 3.48. The molecule has 2 heterocycles. The van der Waals surface area contributed by atoms with Gasteiger partial charge in [-0.2, -0.15) is 4.72 Å². The van der Waals surface area contributed by atoms with Crippen LogP contribution in [0.3, 0.4) is 0 Å². The predicted molar refractivity (Wildman–Crippen MR) is 118 cm³/mol. The Balaban J connectivity index is 1.50. The lowest BCUT2D eigenvalue weighted by Gasteiger charge is -2.19. The highest BCUT2D eigenvalue weighted by molar-refractivity contribution is 7.91. The van der Waals surface area contributed by atoms with Crippen LogP contribution in [-0.2, 0) is 21.4 Å². The second kappa shape index (κ2) is 7.91. The number of likely N-dealkylation sites (tertiary alicyclic amines) is 1. The summed E-state index contributed by atoms with van der Waals surface area (Å²) in [5, 5.41) is 8.17. The van der Waals surface area contributed by atoms with Crippen molar-refractivity contribution >= 4 is 48.9 Å². The van der Waals surface area contributed by atoms with Crippen molar-refractivity contribution in [2.75, 3.05) is 12.3 Å². The normalized spacial score (nSPS) is 16.9. The van der Waals surface area contributed by atoms with Crippen molar-refractivity contribution in [3.05, 3.63) is 59.4 Å². The number of hydrogen-bond donors (Lipinski definition) is 4. The topological polar surface area (TPSA) is 142 Å². The first-order valence-electron chi connectivity index (χ1n) is 9.37. The highest BCUT2D eigenvalue weighted by atomic mass is 32.2. The minimum atomic E-state index is -3.94. The zero-order valence-corrected chi connectivity index (χ0v) is 17.9. The zero-order chi connectivity index (χ0) is 22.3. The van der Waals surface area contributed by atoms with Gasteiger partial charge < -0.3 is 16.4 Å². The molecular weight excluding hydrogens is 441 g/mol. The van der Waals surface area contributed by atoms with Crippen LogP contribution in [0.2, 0.25) is 0 Å². The molecule has 1 aliphatic heterocycles. The van der Waals surface area contributed by atoms with Crippen LogP contribution in [0.1, 0.15) is 17.5 Å². The van der Waals surface area contributed by atoms with Gasteiger partial charge in [-0.15, -0.1) is 11.3 Å². The molecule has 6 N–H and O–H groups in total. The molecule has 162 valence electrons. The minimum Gasteiger partial charge on any atom is -0.398 e. The average Bonchev–Trinajstić information content (AvgIpc) is 3.28. The van der Waals surface area contributed by atoms with E-state index in [1.165, 1.54) is 29.2 Å². The lowest BCUT2D eigenvalue weighted by atomic mass is 10.1. The molecule has 4 rings (SSSR count). The Morgan fingerprint density at radius 2 is 2.03 bits per heavy atom. The van der Waals surface area contributed by atoms with E-state index in [1.54, 1.807) is 18.2 Å². The van der Waals surface area contributed by atoms with E-state index < -0.39 is 21.9 Å². The summed E-state index contributed by atoms with van der Waals surface area (Å²) in [7, 11) is -3.94. The first-order chi connectivity index (χ1) is 14.6. The summed E-state index contributed by atoms with van der Waals surface area (Å²) in [6.45, 7) is 0.541. The number of hydrogen-bond acceptors (Lipinski definition) is 6. The monoisotopic (exact) mass is 461 g/mol. The van der Waals surface area contributed by atoms with E-state index in [4.69, 9.17) is 16.9 Å². The maximum atomic E-state index is 13.4. The van der Waals surface area contributed by atoms with E-state index in [0.29, 0.717) is 39.9 Å². The molecule has 0 aliphatic carbocycles. The Morgan fingerprint density at radius 1 is 1.26 bits per heavy atom. The maximum Gasteiger partial charge on any atom is 0.250 e. The molecule has 0 radical (unpaired) electrons. The zero-order valence-electron chi connectivity index (χ0n) is 16.3. The third-order valence-corrected chi connectivity index (χ3v) is 8.18. The van der Waals surface area contributed by atoms with Crippen LogP contribution in [0.15, 0.2) is 46.7 Å². The Labute approximate surface area is 182 Å². The van der Waals surface area contributed by atoms with E-state index in [-0.39, 0.29) is 22.5 Å². The molecule has 1 atom stereocenters. The summed E-state index contributed by atoms with van der Waals surface area (Å²) in [6, 6.07) is 9.53. The highest BCUT2D eigenvalue weighted by Gasteiger charge is 2.35. The third-order valence-electron chi connectivity index (χ3n) is 5.13. The fraction of sp³-hybridized carbons (Fsp3) is 0.200. The van der Waals surface area contributed by atoms with Crippen LogP contribution in [0, 0.1) is 11.2 Å². The quantitative estimate of drug-likeness (QED) is 0.252. The number of carbonyl (C=O) groups excluding carboxylic acids is 1. The first kappa shape index (κ1) is 21.2. The summed E-state index contributed by atoms with van der Waals surface area (Å²) in [5.41, 5.74) is 13.1. The molecule has 1 aliphatic rings. The van der Waals surface area contributed by atoms with Gasteiger partial charge in [0.1, 0.15) is 21.9 Å². The van der Waals surface area contributed by atoms with Crippen molar-refractivity contribution in [1.29, 1.82) is 5.41 Å². The second-order valence-electron chi connectivity index (χ2n) is 7.30. The Hall–Kier alpha value is -3.02. The standard InChI is InChI=1S/C20H20FN5O3S2/c21-14-3-1-11-8-18(30-17(11)9-14)31(28,29)25-16-5-6-26(20(16)27)10-13-7-12(19(23)24)2-4-15(13)22/h1-4,7-9,16,25H,5-6,10,22H2,(H3,23,24). The highest BCUT2D eigenvalue weighted by Crippen LogP contribution is 2.30. The van der Waals surface area contributed by atoms with Gasteiger partial charge in [0, 0.05) is 29.0 Å². The second-order valence-corrected chi connectivity index (χ2v) is 10.3. The van der Waals surface area contributed by atoms with Gasteiger partial charge in [0.05, 0.1) is 0 Å². The number of thiophene rings is 1. The molecular formula is C20H20FN5O3S2. The van der Waals surface area contributed by atoms with Crippen LogP contribution in [0.25, 0.3) is 10.1 Å². The Morgan fingerprint density at radius 3 is 2.77 bits per heavy atom. The SMILES string of the molecule is N=C(N)c1ccc(N)c(CN2CCC(NS(=O)(=O)c3cc4ccc(F)cc4s3)C2=O)c1. The lowest BCUT2D eigenvalue weighted by molar-refractivity contribution is -0.129. The van der Waals surface area contributed by atoms with Gasteiger partial charge in [0.25, 0.3) is 10.0 Å². The number of carbonyl (C=O) groups is 1. The molecule has 3 aromatic rings. The van der Waals surface area contributed by atoms with E-state index in [1.807, 2.05) is 0 Å². The summed E-state index contributed by atoms with van der Waals surface area (Å²) in [4.78, 5) is 14.3. The maximum absolute atomic E-state index is 13.4. The number of nitrogens with two attached hydrogens (primary N) is 2. The molecule has 1 aromatic heterocycles. The number of amides is 1. The number of amidine groups is 1. The number of anilines is 1. The van der Waals surface area contributed by atoms with Gasteiger partial charge in [-0.05, 0) is 53.8 Å². The smallest absolute Gasteiger partial charge is 0.250 e. The summed E-state index contributed by atoms with van der Waals surface area (Å²) in [5.74, 6) is -0.910. The van der Waals surface area contributed by atoms with E-state index in [9.17, 15) is 17.6 Å². The number of sulfonamides is 1. The van der Waals surface area contributed by atoms with Crippen LogP contribution in [-0.4, -0.2) is 37.6 Å². The van der Waals surface area contributed by atoms with Gasteiger partial charge in [-0.1, -0.05) is 6.07 Å². The van der Waals surface area contributed by atoms with Crippen LogP contribution >= 0.6 is 11.3 Å². The molecule has 0 saturated carbocycles. The number of rotatable bonds is 6. The minimum absolute atomic E-state index is 0.0257. The van der Waals surface area contributed by atoms with Crippen molar-refractivity contribution < 1.29 is 17.6 Å². The Bertz CT molecular complexity index is 1310. The average molecular weight is 462 g/mol. The predicted octanol–water partition coefficient (Wildman–Crippen LogP) is 1.99. The molecule has 31 heavy (non-hydrogen) atoms. The van der Waals surface area contributed by atoms with Gasteiger partial charge in [-0.3, -0.25) is 10.2 Å². The van der Waals surface area contributed by atoms with Crippen LogP contribution < -0.4 is 16.2 Å². The summed E-state index contributed by atoms with van der Waals surface area (Å²) in [6.07, 6.45) is 0.309. The molecule has 11 heteroatoms. The van der Waals surface area contributed by atoms with E-state index in [0.717, 1.165) is 11.3 Å². The van der Waals surface area contributed by atoms with Gasteiger partial charge in [-0.25, -0.2) is 12.8 Å². The molecule has 1 fully saturated rings. The first-order valence-corrected chi connectivity index (χ1v) is 11.7. The number of halogens is 1. The lowest BCUT2D eigenvalue weighted by Crippen LogP contribution is -2.41. The van der Waals surface area contributed by atoms with Gasteiger partial charge >= 0.3 is 0 Å². The van der Waals surface area contributed by atoms with Gasteiger partial charge in [0.15, 0.2) is 0 Å². The number of benzene rings is 2. The Kier molecular flexibility index (Phi) is 5.42. The molecule has 1 saturated heterocycles. The van der Waals surface area contributed by atoms with Crippen molar-refractivity contribution in [1.82, 2.24) is 9.62 Å². The summed E-state index contributed by atoms with van der Waals surface area (Å²) >= 11 is 0.949. The van der Waals surface area contributed by atoms with Crippen molar-refractivity contribution in [3.8, 4) is 0 Å². The third kappa shape index (κ3) is 4.24. The van der Waals surface area contributed by atoms with E-state index >= 15 is 0 Å². The number of fused-ring (bicyclic) bond motifs is 1. The van der Waals surface area contributed by atoms with Crippen molar-refractivity contribution in [2.45, 2.75) is 23.2 Å². The van der Waals surface area contributed by atoms with Crippen LogP contribution in [0.4, 0.5) is 10.1 Å². The largest absolute Gasteiger partial charge is 0.398 e. The molecule has 0 bridgehead atoms. The molecule has 1 unspecified atom stereocenters. The van der Waals surface area contributed by atoms with E-state index in [2.05, 4.69) is 4.72 Å². The number of nitrogen functional groups attached to an aromatic ring is 2. The van der Waals surface area contributed by atoms with Crippen molar-refractivity contribution in [2.24, 2.45) is 5.73 Å². The van der Waals surface area contributed by atoms with Crippen molar-refractivity contribution in [3.63, 3.8) is 0 Å². The molecule has 8 nitrogen and oxygen atoms in total. The number of nitrogens with zero attached hydrogens (tertiary/aromatic N) is 1.